The Hall–Kier alpha value is -2.34. The Bertz CT molecular complexity index is 653. The number of nitrogens with one attached hydrogen (secondary N) is 2. The summed E-state index contributed by atoms with van der Waals surface area (Å²) in [5.74, 6) is -0.0112. The van der Waals surface area contributed by atoms with E-state index in [9.17, 15) is 4.79 Å². The Morgan fingerprint density at radius 2 is 2.36 bits per heavy atom. The average Bonchev–Trinajstić information content (AvgIpc) is 3.15. The van der Waals surface area contributed by atoms with Crippen LogP contribution in [0, 0.1) is 13.8 Å². The average molecular weight is 300 g/mol. The van der Waals surface area contributed by atoms with Gasteiger partial charge in [-0.25, -0.2) is 0 Å². The van der Waals surface area contributed by atoms with E-state index in [1.807, 2.05) is 37.1 Å². The maximum atomic E-state index is 12.6. The second kappa shape index (κ2) is 6.19. The zero-order valence-electron chi connectivity index (χ0n) is 12.8. The summed E-state index contributed by atoms with van der Waals surface area (Å²) in [7, 11) is 0. The van der Waals surface area contributed by atoms with Gasteiger partial charge in [0, 0.05) is 35.8 Å². The normalized spacial score (nSPS) is 19.0. The summed E-state index contributed by atoms with van der Waals surface area (Å²) < 4.78 is 5.58. The first-order valence-electron chi connectivity index (χ1n) is 7.38. The summed E-state index contributed by atoms with van der Waals surface area (Å²) in [6.45, 7) is 5.58. The molecule has 116 valence electrons. The molecule has 3 rings (SSSR count). The fourth-order valence-corrected chi connectivity index (χ4v) is 2.86. The molecule has 0 spiro atoms. The number of rotatable bonds is 3. The number of H-pyrrole nitrogens is 2. The molecule has 1 aliphatic heterocycles. The van der Waals surface area contributed by atoms with Crippen LogP contribution in [0.25, 0.3) is 6.08 Å². The van der Waals surface area contributed by atoms with Gasteiger partial charge in [0.2, 0.25) is 5.91 Å². The summed E-state index contributed by atoms with van der Waals surface area (Å²) in [5.41, 5.74) is 3.87. The second-order valence-corrected chi connectivity index (χ2v) is 5.43. The number of aryl methyl sites for hydroxylation is 2. The maximum absolute atomic E-state index is 12.6. The van der Waals surface area contributed by atoms with E-state index in [0.717, 1.165) is 22.6 Å². The van der Waals surface area contributed by atoms with Crippen molar-refractivity contribution in [3.8, 4) is 0 Å². The molecule has 2 aromatic heterocycles. The fourth-order valence-electron chi connectivity index (χ4n) is 2.86. The number of aromatic nitrogens is 3. The molecule has 3 heterocycles. The first-order chi connectivity index (χ1) is 10.7. The number of carbonyl (C=O) groups is 1. The lowest BCUT2D eigenvalue weighted by Gasteiger charge is -2.35. The SMILES string of the molecule is Cc1n[nH]c(C)c1C1COCCN1C(=O)/C=C/c1ccc[nH]1. The monoisotopic (exact) mass is 300 g/mol. The van der Waals surface area contributed by atoms with Gasteiger partial charge in [-0.2, -0.15) is 5.10 Å². The van der Waals surface area contributed by atoms with Crippen molar-refractivity contribution in [2.24, 2.45) is 0 Å². The molecule has 6 heteroatoms. The molecule has 6 nitrogen and oxygen atoms in total. The van der Waals surface area contributed by atoms with Crippen LogP contribution in [0.5, 0.6) is 0 Å². The Morgan fingerprint density at radius 3 is 3.05 bits per heavy atom. The minimum absolute atomic E-state index is 0.0112. The van der Waals surface area contributed by atoms with E-state index in [2.05, 4.69) is 15.2 Å². The van der Waals surface area contributed by atoms with Crippen molar-refractivity contribution in [2.75, 3.05) is 19.8 Å². The van der Waals surface area contributed by atoms with Gasteiger partial charge in [-0.1, -0.05) is 0 Å². The highest BCUT2D eigenvalue weighted by Gasteiger charge is 2.30. The molecule has 1 atom stereocenters. The van der Waals surface area contributed by atoms with Crippen LogP contribution in [-0.2, 0) is 9.53 Å². The lowest BCUT2D eigenvalue weighted by molar-refractivity contribution is -0.134. The first kappa shape index (κ1) is 14.6. The Balaban J connectivity index is 1.82. The van der Waals surface area contributed by atoms with Crippen LogP contribution in [-0.4, -0.2) is 45.7 Å². The molecule has 0 aliphatic carbocycles. The number of nitrogens with zero attached hydrogens (tertiary/aromatic N) is 2. The van der Waals surface area contributed by atoms with Gasteiger partial charge >= 0.3 is 0 Å². The molecular weight excluding hydrogens is 280 g/mol. The molecular formula is C16H20N4O2. The van der Waals surface area contributed by atoms with Crippen LogP contribution in [0.1, 0.15) is 28.7 Å². The summed E-state index contributed by atoms with van der Waals surface area (Å²) in [4.78, 5) is 17.5. The highest BCUT2D eigenvalue weighted by molar-refractivity contribution is 5.92. The Kier molecular flexibility index (Phi) is 4.11. The van der Waals surface area contributed by atoms with Crippen molar-refractivity contribution in [1.82, 2.24) is 20.1 Å². The molecule has 22 heavy (non-hydrogen) atoms. The van der Waals surface area contributed by atoms with Gasteiger partial charge in [-0.15, -0.1) is 0 Å². The molecule has 0 bridgehead atoms. The maximum Gasteiger partial charge on any atom is 0.247 e. The van der Waals surface area contributed by atoms with Crippen molar-refractivity contribution in [3.05, 3.63) is 47.1 Å². The number of morpholine rings is 1. The summed E-state index contributed by atoms with van der Waals surface area (Å²) in [6, 6.07) is 3.73. The van der Waals surface area contributed by atoms with Crippen molar-refractivity contribution < 1.29 is 9.53 Å². The van der Waals surface area contributed by atoms with Crippen LogP contribution in [0.15, 0.2) is 24.4 Å². The second-order valence-electron chi connectivity index (χ2n) is 5.43. The molecule has 1 unspecified atom stereocenters. The molecule has 2 N–H and O–H groups in total. The Labute approximate surface area is 129 Å². The van der Waals surface area contributed by atoms with Gasteiger partial charge in [0.15, 0.2) is 0 Å². The lowest BCUT2D eigenvalue weighted by atomic mass is 10.0. The van der Waals surface area contributed by atoms with Gasteiger partial charge in [0.05, 0.1) is 24.9 Å². The molecule has 1 amide bonds. The van der Waals surface area contributed by atoms with E-state index in [-0.39, 0.29) is 11.9 Å². The molecule has 0 radical (unpaired) electrons. The zero-order chi connectivity index (χ0) is 15.5. The van der Waals surface area contributed by atoms with Gasteiger partial charge in [0.1, 0.15) is 0 Å². The summed E-state index contributed by atoms with van der Waals surface area (Å²) in [5, 5.41) is 7.21. The zero-order valence-corrected chi connectivity index (χ0v) is 12.8. The van der Waals surface area contributed by atoms with Gasteiger partial charge in [-0.3, -0.25) is 9.89 Å². The van der Waals surface area contributed by atoms with E-state index in [1.165, 1.54) is 0 Å². The number of hydrogen-bond acceptors (Lipinski definition) is 3. The van der Waals surface area contributed by atoms with E-state index in [1.54, 1.807) is 12.2 Å². The predicted octanol–water partition coefficient (Wildman–Crippen LogP) is 1.97. The molecule has 1 saturated heterocycles. The third-order valence-corrected chi connectivity index (χ3v) is 3.96. The number of hydrogen-bond donors (Lipinski definition) is 2. The lowest BCUT2D eigenvalue weighted by Crippen LogP contribution is -2.43. The van der Waals surface area contributed by atoms with E-state index < -0.39 is 0 Å². The number of ether oxygens (including phenoxy) is 1. The number of aromatic amines is 2. The number of carbonyl (C=O) groups excluding carboxylic acids is 1. The quantitative estimate of drug-likeness (QED) is 0.851. The summed E-state index contributed by atoms with van der Waals surface area (Å²) >= 11 is 0. The van der Waals surface area contributed by atoms with Crippen molar-refractivity contribution >= 4 is 12.0 Å². The fraction of sp³-hybridized carbons (Fsp3) is 0.375. The largest absolute Gasteiger partial charge is 0.377 e. The minimum Gasteiger partial charge on any atom is -0.377 e. The van der Waals surface area contributed by atoms with E-state index in [4.69, 9.17) is 4.74 Å². The smallest absolute Gasteiger partial charge is 0.247 e. The minimum atomic E-state index is -0.0895. The highest BCUT2D eigenvalue weighted by atomic mass is 16.5. The van der Waals surface area contributed by atoms with Crippen LogP contribution >= 0.6 is 0 Å². The van der Waals surface area contributed by atoms with Crippen molar-refractivity contribution in [2.45, 2.75) is 19.9 Å². The molecule has 2 aromatic rings. The van der Waals surface area contributed by atoms with Crippen molar-refractivity contribution in [1.29, 1.82) is 0 Å². The highest BCUT2D eigenvalue weighted by Crippen LogP contribution is 2.28. The molecule has 1 fully saturated rings. The third kappa shape index (κ3) is 2.82. The van der Waals surface area contributed by atoms with Crippen LogP contribution < -0.4 is 0 Å². The standard InChI is InChI=1S/C16H20N4O2/c1-11-16(12(2)19-18-11)14-10-22-9-8-20(14)15(21)6-5-13-4-3-7-17-13/h3-7,14,17H,8-10H2,1-2H3,(H,18,19)/b6-5+. The van der Waals surface area contributed by atoms with Gasteiger partial charge in [-0.05, 0) is 32.1 Å². The van der Waals surface area contributed by atoms with Crippen molar-refractivity contribution in [3.63, 3.8) is 0 Å². The van der Waals surface area contributed by atoms with Crippen LogP contribution in [0.2, 0.25) is 0 Å². The van der Waals surface area contributed by atoms with E-state index >= 15 is 0 Å². The van der Waals surface area contributed by atoms with Crippen LogP contribution in [0.3, 0.4) is 0 Å². The molecule has 0 saturated carbocycles. The first-order valence-corrected chi connectivity index (χ1v) is 7.38. The molecule has 1 aliphatic rings. The van der Waals surface area contributed by atoms with E-state index in [0.29, 0.717) is 19.8 Å². The predicted molar refractivity (Wildman–Crippen MR) is 83.2 cm³/mol. The number of amides is 1. The van der Waals surface area contributed by atoms with Gasteiger partial charge in [0.25, 0.3) is 0 Å². The topological polar surface area (TPSA) is 74.0 Å². The van der Waals surface area contributed by atoms with Gasteiger partial charge < -0.3 is 14.6 Å². The molecule has 0 aromatic carbocycles. The Morgan fingerprint density at radius 1 is 1.50 bits per heavy atom. The van der Waals surface area contributed by atoms with Crippen LogP contribution in [0.4, 0.5) is 0 Å². The summed E-state index contributed by atoms with van der Waals surface area (Å²) in [6.07, 6.45) is 5.23. The third-order valence-electron chi connectivity index (χ3n) is 3.96.